The van der Waals surface area contributed by atoms with Crippen molar-refractivity contribution in [2.45, 2.75) is 58.6 Å². The Morgan fingerprint density at radius 1 is 1.18 bits per heavy atom. The second kappa shape index (κ2) is 9.43. The van der Waals surface area contributed by atoms with Gasteiger partial charge in [-0.3, -0.25) is 9.89 Å². The molecule has 0 saturated heterocycles. The number of fused-ring (bicyclic) bond motifs is 1. The van der Waals surface area contributed by atoms with E-state index < -0.39 is 0 Å². The Balaban J connectivity index is 1.77. The monoisotopic (exact) mass is 481 g/mol. The molecule has 2 N–H and O–H groups in total. The van der Waals surface area contributed by atoms with Crippen LogP contribution in [0.5, 0.6) is 5.75 Å². The zero-order valence-corrected chi connectivity index (χ0v) is 21.1. The maximum atomic E-state index is 13.5. The molecule has 1 unspecified atom stereocenters. The van der Waals surface area contributed by atoms with Crippen molar-refractivity contribution in [3.05, 3.63) is 69.9 Å². The maximum Gasteiger partial charge on any atom is 0.273 e. The standard InChI is InChI=1S/C27H32ClN3O3/c1-16(2)34-14-6-13-31-25(17-7-9-18(10-8-17)27(3,4)5)22-23(29-30-24(22)26(31)33)20-15-19(28)11-12-21(20)32/h7-12,15-16,25,32H,6,13-14H2,1-5H3,(H,29,30). The van der Waals surface area contributed by atoms with Crippen LogP contribution in [-0.2, 0) is 10.2 Å². The number of carbonyl (C=O) groups is 1. The van der Waals surface area contributed by atoms with Crippen LogP contribution in [0.25, 0.3) is 11.3 Å². The van der Waals surface area contributed by atoms with Crippen LogP contribution < -0.4 is 0 Å². The Kier molecular flexibility index (Phi) is 6.74. The first-order valence-electron chi connectivity index (χ1n) is 11.7. The number of halogens is 1. The number of rotatable bonds is 7. The lowest BCUT2D eigenvalue weighted by atomic mass is 9.85. The summed E-state index contributed by atoms with van der Waals surface area (Å²) in [6.45, 7) is 11.6. The Morgan fingerprint density at radius 2 is 1.88 bits per heavy atom. The van der Waals surface area contributed by atoms with Gasteiger partial charge in [-0.2, -0.15) is 5.10 Å². The van der Waals surface area contributed by atoms with E-state index in [1.165, 1.54) is 5.56 Å². The summed E-state index contributed by atoms with van der Waals surface area (Å²) >= 11 is 6.23. The van der Waals surface area contributed by atoms with Crippen LogP contribution >= 0.6 is 11.6 Å². The maximum absolute atomic E-state index is 13.5. The van der Waals surface area contributed by atoms with E-state index in [-0.39, 0.29) is 29.2 Å². The van der Waals surface area contributed by atoms with Crippen molar-refractivity contribution >= 4 is 17.5 Å². The number of aromatic hydroxyl groups is 1. The van der Waals surface area contributed by atoms with Crippen molar-refractivity contribution in [3.63, 3.8) is 0 Å². The first kappa shape index (κ1) is 24.3. The molecule has 1 atom stereocenters. The molecule has 0 bridgehead atoms. The first-order chi connectivity index (χ1) is 16.1. The first-order valence-corrected chi connectivity index (χ1v) is 12.1. The number of benzene rings is 2. The quantitative estimate of drug-likeness (QED) is 0.400. The summed E-state index contributed by atoms with van der Waals surface area (Å²) in [6.07, 6.45) is 0.861. The van der Waals surface area contributed by atoms with E-state index in [2.05, 4.69) is 55.2 Å². The number of carbonyl (C=O) groups excluding carboxylic acids is 1. The topological polar surface area (TPSA) is 78.5 Å². The normalized spacial score (nSPS) is 15.9. The van der Waals surface area contributed by atoms with Gasteiger partial charge in [0.05, 0.1) is 12.1 Å². The summed E-state index contributed by atoms with van der Waals surface area (Å²) in [5.74, 6) is -0.0403. The third kappa shape index (κ3) is 4.70. The fourth-order valence-electron chi connectivity index (χ4n) is 4.40. The van der Waals surface area contributed by atoms with Gasteiger partial charge in [-0.1, -0.05) is 56.6 Å². The van der Waals surface area contributed by atoms with E-state index in [1.807, 2.05) is 18.7 Å². The minimum atomic E-state index is -0.331. The van der Waals surface area contributed by atoms with Crippen LogP contribution in [0.3, 0.4) is 0 Å². The number of aromatic amines is 1. The summed E-state index contributed by atoms with van der Waals surface area (Å²) in [4.78, 5) is 15.3. The van der Waals surface area contributed by atoms with Gasteiger partial charge in [-0.05, 0) is 55.0 Å². The van der Waals surface area contributed by atoms with Crippen molar-refractivity contribution < 1.29 is 14.6 Å². The van der Waals surface area contributed by atoms with Crippen LogP contribution in [0.2, 0.25) is 5.02 Å². The molecule has 2 heterocycles. The Hall–Kier alpha value is -2.83. The molecule has 180 valence electrons. The van der Waals surface area contributed by atoms with Gasteiger partial charge in [0.25, 0.3) is 5.91 Å². The van der Waals surface area contributed by atoms with E-state index in [0.29, 0.717) is 35.1 Å². The van der Waals surface area contributed by atoms with Gasteiger partial charge in [-0.15, -0.1) is 0 Å². The molecule has 2 aromatic carbocycles. The number of amides is 1. The highest BCUT2D eigenvalue weighted by atomic mass is 35.5. The molecule has 0 aliphatic carbocycles. The van der Waals surface area contributed by atoms with Crippen LogP contribution in [0.4, 0.5) is 0 Å². The minimum absolute atomic E-state index is 0.0242. The van der Waals surface area contributed by atoms with Gasteiger partial charge in [0, 0.05) is 29.3 Å². The minimum Gasteiger partial charge on any atom is -0.507 e. The lowest BCUT2D eigenvalue weighted by Gasteiger charge is -2.27. The average molecular weight is 482 g/mol. The molecule has 0 radical (unpaired) electrons. The molecule has 1 aromatic heterocycles. The van der Waals surface area contributed by atoms with Crippen molar-refractivity contribution in [2.75, 3.05) is 13.2 Å². The van der Waals surface area contributed by atoms with Crippen LogP contribution in [-0.4, -0.2) is 45.4 Å². The number of phenolic OH excluding ortho intramolecular Hbond substituents is 1. The molecular formula is C27H32ClN3O3. The molecular weight excluding hydrogens is 450 g/mol. The highest BCUT2D eigenvalue weighted by Gasteiger charge is 2.42. The van der Waals surface area contributed by atoms with Gasteiger partial charge < -0.3 is 14.7 Å². The molecule has 1 aliphatic rings. The van der Waals surface area contributed by atoms with E-state index in [4.69, 9.17) is 16.3 Å². The third-order valence-electron chi connectivity index (χ3n) is 6.16. The smallest absolute Gasteiger partial charge is 0.273 e. The van der Waals surface area contributed by atoms with E-state index in [1.54, 1.807) is 18.2 Å². The Bertz CT molecular complexity index is 1180. The van der Waals surface area contributed by atoms with Crippen LogP contribution in [0, 0.1) is 0 Å². The number of nitrogens with zero attached hydrogens (tertiary/aromatic N) is 2. The molecule has 34 heavy (non-hydrogen) atoms. The summed E-state index contributed by atoms with van der Waals surface area (Å²) < 4.78 is 5.71. The zero-order chi connectivity index (χ0) is 24.6. The number of phenols is 1. The van der Waals surface area contributed by atoms with Crippen molar-refractivity contribution in [2.24, 2.45) is 0 Å². The Labute approximate surface area is 205 Å². The number of ether oxygens (including phenoxy) is 1. The third-order valence-corrected chi connectivity index (χ3v) is 6.40. The number of aromatic nitrogens is 2. The Morgan fingerprint density at radius 3 is 2.53 bits per heavy atom. The van der Waals surface area contributed by atoms with Crippen molar-refractivity contribution in [1.29, 1.82) is 0 Å². The van der Waals surface area contributed by atoms with Gasteiger partial charge in [0.15, 0.2) is 0 Å². The van der Waals surface area contributed by atoms with Gasteiger partial charge in [0.2, 0.25) is 0 Å². The van der Waals surface area contributed by atoms with E-state index in [9.17, 15) is 9.90 Å². The largest absolute Gasteiger partial charge is 0.507 e. The summed E-state index contributed by atoms with van der Waals surface area (Å²) in [5, 5.41) is 18.4. The predicted octanol–water partition coefficient (Wildman–Crippen LogP) is 6.09. The molecule has 1 amide bonds. The summed E-state index contributed by atoms with van der Waals surface area (Å²) in [6, 6.07) is 12.9. The predicted molar refractivity (Wildman–Crippen MR) is 134 cm³/mol. The molecule has 6 nitrogen and oxygen atoms in total. The molecule has 7 heteroatoms. The number of hydrogen-bond donors (Lipinski definition) is 2. The average Bonchev–Trinajstić information content (AvgIpc) is 3.31. The zero-order valence-electron chi connectivity index (χ0n) is 20.4. The van der Waals surface area contributed by atoms with Crippen LogP contribution in [0.15, 0.2) is 42.5 Å². The molecule has 4 rings (SSSR count). The van der Waals surface area contributed by atoms with E-state index in [0.717, 1.165) is 17.5 Å². The SMILES string of the molecule is CC(C)OCCCN1C(=O)c2[nH]nc(-c3cc(Cl)ccc3O)c2C1c1ccc(C(C)(C)C)cc1. The molecule has 3 aromatic rings. The summed E-state index contributed by atoms with van der Waals surface area (Å²) in [7, 11) is 0. The highest BCUT2D eigenvalue weighted by Crippen LogP contribution is 2.45. The number of hydrogen-bond acceptors (Lipinski definition) is 4. The lowest BCUT2D eigenvalue weighted by Crippen LogP contribution is -2.31. The van der Waals surface area contributed by atoms with Gasteiger partial charge >= 0.3 is 0 Å². The molecule has 0 saturated carbocycles. The lowest BCUT2D eigenvalue weighted by molar-refractivity contribution is 0.0601. The summed E-state index contributed by atoms with van der Waals surface area (Å²) in [5.41, 5.74) is 4.48. The second-order valence-corrected chi connectivity index (χ2v) is 10.5. The number of H-pyrrole nitrogens is 1. The highest BCUT2D eigenvalue weighted by molar-refractivity contribution is 6.31. The van der Waals surface area contributed by atoms with Gasteiger partial charge in [0.1, 0.15) is 17.1 Å². The van der Waals surface area contributed by atoms with Crippen molar-refractivity contribution in [1.82, 2.24) is 15.1 Å². The molecule has 1 aliphatic heterocycles. The van der Waals surface area contributed by atoms with Crippen LogP contribution in [0.1, 0.15) is 74.3 Å². The van der Waals surface area contributed by atoms with E-state index >= 15 is 0 Å². The number of nitrogens with one attached hydrogen (secondary N) is 1. The fraction of sp³-hybridized carbons (Fsp3) is 0.407. The second-order valence-electron chi connectivity index (χ2n) is 10.1. The van der Waals surface area contributed by atoms with Gasteiger partial charge in [-0.25, -0.2) is 0 Å². The fourth-order valence-corrected chi connectivity index (χ4v) is 4.57. The van der Waals surface area contributed by atoms with Crippen molar-refractivity contribution in [3.8, 4) is 17.0 Å². The molecule has 0 fully saturated rings. The molecule has 0 spiro atoms.